The zero-order valence-electron chi connectivity index (χ0n) is 9.14. The van der Waals surface area contributed by atoms with E-state index in [9.17, 15) is 5.11 Å². The Hall–Kier alpha value is -1.17. The van der Waals surface area contributed by atoms with Gasteiger partial charge in [-0.25, -0.2) is 0 Å². The first kappa shape index (κ1) is 12.3. The zero-order valence-corrected chi connectivity index (χ0v) is 10.7. The molecule has 1 atom stereocenters. The molecule has 0 aliphatic heterocycles. The summed E-state index contributed by atoms with van der Waals surface area (Å²) >= 11 is 3.38. The zero-order chi connectivity index (χ0) is 12.1. The maximum Gasteiger partial charge on any atom is 0.124 e. The molecule has 0 saturated heterocycles. The first-order valence-corrected chi connectivity index (χ1v) is 6.08. The minimum atomic E-state index is -0.528. The lowest BCUT2D eigenvalue weighted by atomic mass is 10.1. The van der Waals surface area contributed by atoms with Crippen LogP contribution < -0.4 is 5.32 Å². The smallest absolute Gasteiger partial charge is 0.124 e. The van der Waals surface area contributed by atoms with Crippen LogP contribution in [0.25, 0.3) is 0 Å². The summed E-state index contributed by atoms with van der Waals surface area (Å²) in [6, 6.07) is 9.42. The van der Waals surface area contributed by atoms with Gasteiger partial charge in [0.05, 0.1) is 11.8 Å². The van der Waals surface area contributed by atoms with Crippen molar-refractivity contribution in [3.05, 3.63) is 52.3 Å². The maximum absolute atomic E-state index is 9.95. The SMILES string of the molecule is OC(CNCc1ccon1)c1cccc(Br)c1. The van der Waals surface area contributed by atoms with E-state index in [0.29, 0.717) is 13.1 Å². The number of halogens is 1. The van der Waals surface area contributed by atoms with E-state index in [4.69, 9.17) is 4.52 Å². The second-order valence-corrected chi connectivity index (χ2v) is 4.61. The van der Waals surface area contributed by atoms with Gasteiger partial charge in [0, 0.05) is 23.6 Å². The van der Waals surface area contributed by atoms with E-state index in [1.165, 1.54) is 6.26 Å². The van der Waals surface area contributed by atoms with Gasteiger partial charge in [0.2, 0.25) is 0 Å². The fourth-order valence-electron chi connectivity index (χ4n) is 1.50. The highest BCUT2D eigenvalue weighted by Gasteiger charge is 2.07. The van der Waals surface area contributed by atoms with Gasteiger partial charge >= 0.3 is 0 Å². The third-order valence-corrected chi connectivity index (χ3v) is 2.86. The molecule has 5 heteroatoms. The topological polar surface area (TPSA) is 58.3 Å². The maximum atomic E-state index is 9.95. The van der Waals surface area contributed by atoms with Crippen LogP contribution in [0.15, 0.2) is 45.6 Å². The summed E-state index contributed by atoms with van der Waals surface area (Å²) in [6.45, 7) is 1.06. The van der Waals surface area contributed by atoms with Crippen molar-refractivity contribution in [2.24, 2.45) is 0 Å². The monoisotopic (exact) mass is 296 g/mol. The van der Waals surface area contributed by atoms with Crippen molar-refractivity contribution in [1.82, 2.24) is 10.5 Å². The number of nitrogens with one attached hydrogen (secondary N) is 1. The van der Waals surface area contributed by atoms with Gasteiger partial charge in [0.25, 0.3) is 0 Å². The molecular formula is C12H13BrN2O2. The van der Waals surface area contributed by atoms with Crippen LogP contribution in [0.1, 0.15) is 17.4 Å². The van der Waals surface area contributed by atoms with Gasteiger partial charge in [0.15, 0.2) is 0 Å². The van der Waals surface area contributed by atoms with Gasteiger partial charge in [-0.2, -0.15) is 0 Å². The molecule has 0 bridgehead atoms. The summed E-state index contributed by atoms with van der Waals surface area (Å²) < 4.78 is 5.68. The molecule has 0 spiro atoms. The van der Waals surface area contributed by atoms with E-state index in [0.717, 1.165) is 15.7 Å². The first-order valence-electron chi connectivity index (χ1n) is 5.29. The van der Waals surface area contributed by atoms with E-state index in [2.05, 4.69) is 26.4 Å². The molecule has 2 aromatic rings. The summed E-state index contributed by atoms with van der Waals surface area (Å²) in [5.74, 6) is 0. The predicted octanol–water partition coefficient (Wildman–Crippen LogP) is 2.26. The molecule has 0 aliphatic rings. The second kappa shape index (κ2) is 5.95. The Balaban J connectivity index is 1.83. The third-order valence-electron chi connectivity index (χ3n) is 2.37. The van der Waals surface area contributed by atoms with E-state index in [1.54, 1.807) is 6.07 Å². The Bertz CT molecular complexity index is 459. The van der Waals surface area contributed by atoms with E-state index in [-0.39, 0.29) is 0 Å². The quantitative estimate of drug-likeness (QED) is 0.889. The number of aliphatic hydroxyl groups is 1. The number of rotatable bonds is 5. The largest absolute Gasteiger partial charge is 0.387 e. The highest BCUT2D eigenvalue weighted by molar-refractivity contribution is 9.10. The Morgan fingerprint density at radius 1 is 1.41 bits per heavy atom. The average Bonchev–Trinajstić information content (AvgIpc) is 2.82. The molecule has 0 fully saturated rings. The fraction of sp³-hybridized carbons (Fsp3) is 0.250. The molecule has 2 rings (SSSR count). The summed E-state index contributed by atoms with van der Waals surface area (Å²) in [5, 5.41) is 16.8. The van der Waals surface area contributed by atoms with Crippen molar-refractivity contribution in [3.8, 4) is 0 Å². The van der Waals surface area contributed by atoms with Crippen LogP contribution in [0.4, 0.5) is 0 Å². The van der Waals surface area contributed by atoms with Crippen LogP contribution in [-0.2, 0) is 6.54 Å². The Labute approximate surface area is 108 Å². The summed E-state index contributed by atoms with van der Waals surface area (Å²) in [5.41, 5.74) is 1.71. The number of benzene rings is 1. The normalized spacial score (nSPS) is 12.6. The lowest BCUT2D eigenvalue weighted by Gasteiger charge is -2.11. The molecule has 90 valence electrons. The Morgan fingerprint density at radius 3 is 3.00 bits per heavy atom. The molecule has 0 amide bonds. The second-order valence-electron chi connectivity index (χ2n) is 3.69. The summed E-state index contributed by atoms with van der Waals surface area (Å²) in [7, 11) is 0. The highest BCUT2D eigenvalue weighted by Crippen LogP contribution is 2.17. The molecular weight excluding hydrogens is 284 g/mol. The first-order chi connectivity index (χ1) is 8.25. The van der Waals surface area contributed by atoms with Crippen molar-refractivity contribution in [2.75, 3.05) is 6.54 Å². The molecule has 0 saturated carbocycles. The Morgan fingerprint density at radius 2 is 2.29 bits per heavy atom. The van der Waals surface area contributed by atoms with Crippen LogP contribution in [0.5, 0.6) is 0 Å². The highest BCUT2D eigenvalue weighted by atomic mass is 79.9. The van der Waals surface area contributed by atoms with E-state index < -0.39 is 6.10 Å². The van der Waals surface area contributed by atoms with Gasteiger partial charge in [-0.15, -0.1) is 0 Å². The number of nitrogens with zero attached hydrogens (tertiary/aromatic N) is 1. The summed E-state index contributed by atoms with van der Waals surface area (Å²) in [4.78, 5) is 0. The van der Waals surface area contributed by atoms with Gasteiger partial charge < -0.3 is 14.9 Å². The minimum absolute atomic E-state index is 0.476. The van der Waals surface area contributed by atoms with Gasteiger partial charge in [-0.3, -0.25) is 0 Å². The van der Waals surface area contributed by atoms with Crippen molar-refractivity contribution in [3.63, 3.8) is 0 Å². The van der Waals surface area contributed by atoms with E-state index >= 15 is 0 Å². The number of aromatic nitrogens is 1. The van der Waals surface area contributed by atoms with Crippen molar-refractivity contribution in [1.29, 1.82) is 0 Å². The number of aliphatic hydroxyl groups excluding tert-OH is 1. The van der Waals surface area contributed by atoms with Crippen LogP contribution in [-0.4, -0.2) is 16.8 Å². The molecule has 2 N–H and O–H groups in total. The lowest BCUT2D eigenvalue weighted by molar-refractivity contribution is 0.174. The fourth-order valence-corrected chi connectivity index (χ4v) is 1.91. The average molecular weight is 297 g/mol. The molecule has 1 aromatic carbocycles. The molecule has 17 heavy (non-hydrogen) atoms. The van der Waals surface area contributed by atoms with Crippen LogP contribution >= 0.6 is 15.9 Å². The van der Waals surface area contributed by atoms with Gasteiger partial charge in [0.1, 0.15) is 6.26 Å². The van der Waals surface area contributed by atoms with Crippen molar-refractivity contribution < 1.29 is 9.63 Å². The van der Waals surface area contributed by atoms with Crippen LogP contribution in [0, 0.1) is 0 Å². The van der Waals surface area contributed by atoms with Crippen LogP contribution in [0.2, 0.25) is 0 Å². The minimum Gasteiger partial charge on any atom is -0.387 e. The van der Waals surface area contributed by atoms with Crippen LogP contribution in [0.3, 0.4) is 0 Å². The molecule has 1 unspecified atom stereocenters. The lowest BCUT2D eigenvalue weighted by Crippen LogP contribution is -2.21. The summed E-state index contributed by atoms with van der Waals surface area (Å²) in [6.07, 6.45) is 1.00. The molecule has 0 radical (unpaired) electrons. The van der Waals surface area contributed by atoms with E-state index in [1.807, 2.05) is 24.3 Å². The van der Waals surface area contributed by atoms with Gasteiger partial charge in [-0.1, -0.05) is 33.2 Å². The molecule has 4 nitrogen and oxygen atoms in total. The molecule has 1 aromatic heterocycles. The Kier molecular flexibility index (Phi) is 4.30. The van der Waals surface area contributed by atoms with Crippen molar-refractivity contribution >= 4 is 15.9 Å². The number of hydrogen-bond donors (Lipinski definition) is 2. The molecule has 0 aliphatic carbocycles. The molecule has 1 heterocycles. The number of hydrogen-bond acceptors (Lipinski definition) is 4. The van der Waals surface area contributed by atoms with Gasteiger partial charge in [-0.05, 0) is 17.7 Å². The third kappa shape index (κ3) is 3.66. The standard InChI is InChI=1S/C12H13BrN2O2/c13-10-3-1-2-9(6-10)12(16)8-14-7-11-4-5-17-15-11/h1-6,12,14,16H,7-8H2. The predicted molar refractivity (Wildman–Crippen MR) is 67.3 cm³/mol. The van der Waals surface area contributed by atoms with Crippen molar-refractivity contribution in [2.45, 2.75) is 12.6 Å².